The number of nitrogens with zero attached hydrogens (tertiary/aromatic N) is 1. The number of ether oxygens (including phenoxy) is 1. The first-order valence-electron chi connectivity index (χ1n) is 7.05. The molecule has 0 aliphatic carbocycles. The lowest BCUT2D eigenvalue weighted by Gasteiger charge is -2.03. The molecule has 2 aromatic carbocycles. The number of hydrogen-bond acceptors (Lipinski definition) is 4. The Kier molecular flexibility index (Phi) is 5.59. The van der Waals surface area contributed by atoms with Gasteiger partial charge in [0.15, 0.2) is 5.17 Å². The summed E-state index contributed by atoms with van der Waals surface area (Å²) in [5.41, 5.74) is 1.27. The molecule has 0 spiro atoms. The number of rotatable bonds is 3. The Morgan fingerprint density at radius 1 is 1.16 bits per heavy atom. The van der Waals surface area contributed by atoms with Gasteiger partial charge < -0.3 is 10.1 Å². The van der Waals surface area contributed by atoms with Crippen molar-refractivity contribution in [2.24, 2.45) is 4.99 Å². The van der Waals surface area contributed by atoms with Crippen molar-refractivity contribution in [1.82, 2.24) is 5.32 Å². The maximum absolute atomic E-state index is 12.1. The van der Waals surface area contributed by atoms with Gasteiger partial charge in [-0.15, -0.1) is 0 Å². The van der Waals surface area contributed by atoms with E-state index in [1.165, 1.54) is 11.8 Å². The second-order valence-electron chi connectivity index (χ2n) is 4.95. The molecular formula is C17H11Cl3N2O2S. The van der Waals surface area contributed by atoms with Crippen LogP contribution in [0.2, 0.25) is 15.1 Å². The molecule has 1 amide bonds. The summed E-state index contributed by atoms with van der Waals surface area (Å²) in [6.45, 7) is 0. The molecule has 1 aliphatic rings. The second kappa shape index (κ2) is 7.70. The van der Waals surface area contributed by atoms with E-state index in [1.54, 1.807) is 43.5 Å². The summed E-state index contributed by atoms with van der Waals surface area (Å²) in [6, 6.07) is 10.4. The largest absolute Gasteiger partial charge is 0.495 e. The Balaban J connectivity index is 1.86. The first kappa shape index (κ1) is 18.1. The van der Waals surface area contributed by atoms with Crippen LogP contribution in [0.3, 0.4) is 0 Å². The van der Waals surface area contributed by atoms with Crippen LogP contribution in [0.15, 0.2) is 46.3 Å². The molecular weight excluding hydrogens is 403 g/mol. The Labute approximate surface area is 163 Å². The predicted octanol–water partition coefficient (Wildman–Crippen LogP) is 5.55. The fraction of sp³-hybridized carbons (Fsp3) is 0.0588. The average Bonchev–Trinajstić information content (AvgIpc) is 2.91. The third-order valence-corrected chi connectivity index (χ3v) is 5.29. The Morgan fingerprint density at radius 3 is 2.68 bits per heavy atom. The molecule has 0 atom stereocenters. The first-order valence-corrected chi connectivity index (χ1v) is 9.00. The summed E-state index contributed by atoms with van der Waals surface area (Å²) >= 11 is 19.4. The lowest BCUT2D eigenvalue weighted by atomic mass is 10.2. The molecule has 25 heavy (non-hydrogen) atoms. The van der Waals surface area contributed by atoms with Crippen molar-refractivity contribution < 1.29 is 9.53 Å². The van der Waals surface area contributed by atoms with Gasteiger partial charge in [-0.25, -0.2) is 4.99 Å². The van der Waals surface area contributed by atoms with Crippen LogP contribution in [-0.4, -0.2) is 18.2 Å². The van der Waals surface area contributed by atoms with Crippen molar-refractivity contribution in [2.75, 3.05) is 7.11 Å². The SMILES string of the molecule is COc1ccc(/C=C2/SC(=Nc3cccc(Cl)c3Cl)NC2=O)cc1Cl. The predicted molar refractivity (Wildman–Crippen MR) is 105 cm³/mol. The fourth-order valence-electron chi connectivity index (χ4n) is 2.09. The van der Waals surface area contributed by atoms with Gasteiger partial charge in [0.05, 0.1) is 32.8 Å². The highest BCUT2D eigenvalue weighted by Crippen LogP contribution is 2.35. The Hall–Kier alpha value is -1.66. The summed E-state index contributed by atoms with van der Waals surface area (Å²) in [5.74, 6) is 0.332. The van der Waals surface area contributed by atoms with Crippen molar-refractivity contribution >= 4 is 69.4 Å². The number of thioether (sulfide) groups is 1. The normalized spacial score (nSPS) is 17.2. The Bertz CT molecular complexity index is 913. The van der Waals surface area contributed by atoms with E-state index in [2.05, 4.69) is 10.3 Å². The highest BCUT2D eigenvalue weighted by Gasteiger charge is 2.24. The number of aliphatic imine (C=N–C) groups is 1. The molecule has 4 nitrogen and oxygen atoms in total. The molecule has 1 heterocycles. The van der Waals surface area contributed by atoms with Gasteiger partial charge in [-0.05, 0) is 47.7 Å². The van der Waals surface area contributed by atoms with E-state index in [-0.39, 0.29) is 5.91 Å². The molecule has 128 valence electrons. The van der Waals surface area contributed by atoms with Crippen molar-refractivity contribution in [2.45, 2.75) is 0 Å². The molecule has 1 N–H and O–H groups in total. The van der Waals surface area contributed by atoms with Crippen LogP contribution >= 0.6 is 46.6 Å². The first-order chi connectivity index (χ1) is 12.0. The van der Waals surface area contributed by atoms with Crippen molar-refractivity contribution in [3.63, 3.8) is 0 Å². The van der Waals surface area contributed by atoms with E-state index in [4.69, 9.17) is 39.5 Å². The van der Waals surface area contributed by atoms with Crippen LogP contribution in [-0.2, 0) is 4.79 Å². The molecule has 2 aromatic rings. The topological polar surface area (TPSA) is 50.7 Å². The lowest BCUT2D eigenvalue weighted by Crippen LogP contribution is -2.19. The number of amidine groups is 1. The minimum absolute atomic E-state index is 0.242. The highest BCUT2D eigenvalue weighted by atomic mass is 35.5. The van der Waals surface area contributed by atoms with Gasteiger partial charge in [0.2, 0.25) is 0 Å². The van der Waals surface area contributed by atoms with E-state index in [9.17, 15) is 4.79 Å². The minimum atomic E-state index is -0.242. The van der Waals surface area contributed by atoms with Gasteiger partial charge >= 0.3 is 0 Å². The van der Waals surface area contributed by atoms with Crippen molar-refractivity contribution in [3.8, 4) is 5.75 Å². The molecule has 0 aromatic heterocycles. The number of amides is 1. The lowest BCUT2D eigenvalue weighted by molar-refractivity contribution is -0.115. The standard InChI is InChI=1S/C17H11Cl3N2O2S/c1-24-13-6-5-9(7-11(13)19)8-14-16(23)22-17(25-14)21-12-4-2-3-10(18)15(12)20/h2-8H,1H3,(H,21,22,23)/b14-8+. The average molecular weight is 414 g/mol. The number of nitrogens with one attached hydrogen (secondary N) is 1. The monoisotopic (exact) mass is 412 g/mol. The summed E-state index contributed by atoms with van der Waals surface area (Å²) in [7, 11) is 1.54. The molecule has 0 radical (unpaired) electrons. The molecule has 1 aliphatic heterocycles. The number of carbonyl (C=O) groups excluding carboxylic acids is 1. The third kappa shape index (κ3) is 4.12. The number of halogens is 3. The maximum atomic E-state index is 12.1. The molecule has 1 fully saturated rings. The van der Waals surface area contributed by atoms with E-state index in [0.717, 1.165) is 5.56 Å². The van der Waals surface area contributed by atoms with Crippen LogP contribution in [0.4, 0.5) is 5.69 Å². The van der Waals surface area contributed by atoms with Gasteiger partial charge in [0.25, 0.3) is 5.91 Å². The van der Waals surface area contributed by atoms with Gasteiger partial charge in [-0.1, -0.05) is 46.9 Å². The molecule has 0 bridgehead atoms. The van der Waals surface area contributed by atoms with Gasteiger partial charge in [-0.3, -0.25) is 4.79 Å². The summed E-state index contributed by atoms with van der Waals surface area (Å²) < 4.78 is 5.12. The fourth-order valence-corrected chi connectivity index (χ4v) is 3.53. The quantitative estimate of drug-likeness (QED) is 0.671. The van der Waals surface area contributed by atoms with E-state index in [1.807, 2.05) is 6.07 Å². The van der Waals surface area contributed by atoms with Gasteiger partial charge in [0, 0.05) is 0 Å². The zero-order valence-electron chi connectivity index (χ0n) is 12.8. The maximum Gasteiger partial charge on any atom is 0.264 e. The molecule has 3 rings (SSSR count). The van der Waals surface area contributed by atoms with E-state index < -0.39 is 0 Å². The summed E-state index contributed by atoms with van der Waals surface area (Å²) in [6.07, 6.45) is 1.73. The van der Waals surface area contributed by atoms with Crippen LogP contribution in [0.25, 0.3) is 6.08 Å². The molecule has 0 saturated carbocycles. The van der Waals surface area contributed by atoms with Crippen molar-refractivity contribution in [3.05, 3.63) is 61.9 Å². The van der Waals surface area contributed by atoms with E-state index >= 15 is 0 Å². The zero-order valence-corrected chi connectivity index (χ0v) is 15.9. The van der Waals surface area contributed by atoms with Crippen LogP contribution in [0, 0.1) is 0 Å². The van der Waals surface area contributed by atoms with Gasteiger partial charge in [0.1, 0.15) is 5.75 Å². The minimum Gasteiger partial charge on any atom is -0.495 e. The van der Waals surface area contributed by atoms with Gasteiger partial charge in [-0.2, -0.15) is 0 Å². The van der Waals surface area contributed by atoms with Crippen LogP contribution < -0.4 is 10.1 Å². The molecule has 8 heteroatoms. The number of benzene rings is 2. The highest BCUT2D eigenvalue weighted by molar-refractivity contribution is 8.18. The molecule has 0 unspecified atom stereocenters. The van der Waals surface area contributed by atoms with Crippen LogP contribution in [0.5, 0.6) is 5.75 Å². The smallest absolute Gasteiger partial charge is 0.264 e. The summed E-state index contributed by atoms with van der Waals surface area (Å²) in [5, 5.41) is 4.35. The number of hydrogen-bond donors (Lipinski definition) is 1. The second-order valence-corrected chi connectivity index (χ2v) is 7.17. The van der Waals surface area contributed by atoms with Crippen LogP contribution in [0.1, 0.15) is 5.56 Å². The Morgan fingerprint density at radius 2 is 1.96 bits per heavy atom. The molecule has 1 saturated heterocycles. The number of carbonyl (C=O) groups is 1. The third-order valence-electron chi connectivity index (χ3n) is 3.28. The zero-order chi connectivity index (χ0) is 18.0. The van der Waals surface area contributed by atoms with E-state index in [0.29, 0.717) is 36.6 Å². The summed E-state index contributed by atoms with van der Waals surface area (Å²) in [4.78, 5) is 17.0. The number of methoxy groups -OCH3 is 1. The van der Waals surface area contributed by atoms with Crippen molar-refractivity contribution in [1.29, 1.82) is 0 Å².